The van der Waals surface area contributed by atoms with E-state index in [0.29, 0.717) is 33.1 Å². The molecule has 0 unspecified atom stereocenters. The summed E-state index contributed by atoms with van der Waals surface area (Å²) in [7, 11) is 0. The number of nitrogens with zero attached hydrogens (tertiary/aromatic N) is 7. The normalized spacial score (nSPS) is 11.8. The molecule has 5 aromatic rings. The van der Waals surface area contributed by atoms with E-state index in [4.69, 9.17) is 22.2 Å². The van der Waals surface area contributed by atoms with Gasteiger partial charge in [0, 0.05) is 0 Å². The largest absolute Gasteiger partial charge is 0.265 e. The molecule has 0 radical (unpaired) electrons. The number of aromatic nitrogens is 8. The predicted octanol–water partition coefficient (Wildman–Crippen LogP) is 2.69. The zero-order chi connectivity index (χ0) is 17.1. The SMILES string of the molecule is Cc1nn(-c2ccccc2)c2nc3nc(C)n4[nH]c(=S)nc4c3nc12. The third-order valence-corrected chi connectivity index (χ3v) is 4.27. The van der Waals surface area contributed by atoms with Gasteiger partial charge in [-0.25, -0.2) is 24.1 Å². The number of para-hydroxylation sites is 1. The van der Waals surface area contributed by atoms with Crippen LogP contribution < -0.4 is 0 Å². The van der Waals surface area contributed by atoms with E-state index in [0.717, 1.165) is 16.9 Å². The van der Waals surface area contributed by atoms with Crippen molar-refractivity contribution in [2.45, 2.75) is 13.8 Å². The Morgan fingerprint density at radius 1 is 0.920 bits per heavy atom. The molecule has 5 rings (SSSR count). The summed E-state index contributed by atoms with van der Waals surface area (Å²) in [5.74, 6) is 0.710. The Balaban J connectivity index is 1.94. The molecule has 25 heavy (non-hydrogen) atoms. The van der Waals surface area contributed by atoms with E-state index in [2.05, 4.69) is 20.2 Å². The van der Waals surface area contributed by atoms with Crippen LogP contribution in [0.5, 0.6) is 0 Å². The summed E-state index contributed by atoms with van der Waals surface area (Å²) in [5.41, 5.74) is 4.84. The van der Waals surface area contributed by atoms with Gasteiger partial charge >= 0.3 is 0 Å². The molecule has 0 bridgehead atoms. The Morgan fingerprint density at radius 3 is 2.52 bits per heavy atom. The lowest BCUT2D eigenvalue weighted by atomic mass is 10.3. The highest BCUT2D eigenvalue weighted by Gasteiger charge is 2.17. The number of aromatic amines is 1. The minimum Gasteiger partial charge on any atom is -0.265 e. The highest BCUT2D eigenvalue weighted by molar-refractivity contribution is 7.71. The summed E-state index contributed by atoms with van der Waals surface area (Å²) in [5, 5.41) is 7.58. The van der Waals surface area contributed by atoms with Crippen molar-refractivity contribution < 1.29 is 0 Å². The second-order valence-electron chi connectivity index (χ2n) is 5.75. The second-order valence-corrected chi connectivity index (χ2v) is 6.13. The molecule has 0 aliphatic carbocycles. The number of H-pyrrole nitrogens is 1. The molecule has 0 saturated carbocycles. The van der Waals surface area contributed by atoms with Gasteiger partial charge in [0.15, 0.2) is 22.5 Å². The van der Waals surface area contributed by atoms with E-state index < -0.39 is 0 Å². The average molecular weight is 348 g/mol. The summed E-state index contributed by atoms with van der Waals surface area (Å²) < 4.78 is 3.90. The number of nitrogens with one attached hydrogen (secondary N) is 1. The summed E-state index contributed by atoms with van der Waals surface area (Å²) in [6.07, 6.45) is 0. The van der Waals surface area contributed by atoms with Gasteiger partial charge in [0.2, 0.25) is 4.77 Å². The van der Waals surface area contributed by atoms with Crippen LogP contribution in [-0.2, 0) is 0 Å². The van der Waals surface area contributed by atoms with Crippen LogP contribution in [0.4, 0.5) is 0 Å². The Morgan fingerprint density at radius 2 is 1.72 bits per heavy atom. The standard InChI is InChI=1S/C16H12N8S/c1-8-11-14(24(21-8)10-6-4-3-5-7-10)19-13-12(18-11)15-20-16(25)22-23(15)9(2)17-13/h3-7H,1-2H3,(H,22,25). The van der Waals surface area contributed by atoms with Gasteiger partial charge in [-0.3, -0.25) is 5.10 Å². The monoisotopic (exact) mass is 348 g/mol. The zero-order valence-electron chi connectivity index (χ0n) is 13.4. The van der Waals surface area contributed by atoms with E-state index in [1.54, 1.807) is 9.20 Å². The van der Waals surface area contributed by atoms with Crippen LogP contribution in [0.15, 0.2) is 30.3 Å². The fraction of sp³-hybridized carbons (Fsp3) is 0.125. The molecule has 122 valence electrons. The van der Waals surface area contributed by atoms with Gasteiger partial charge in [-0.05, 0) is 38.2 Å². The van der Waals surface area contributed by atoms with Crippen molar-refractivity contribution in [3.8, 4) is 5.69 Å². The first-order valence-electron chi connectivity index (χ1n) is 7.70. The van der Waals surface area contributed by atoms with Crippen LogP contribution in [0.1, 0.15) is 11.5 Å². The molecule has 0 saturated heterocycles. The molecule has 0 spiro atoms. The molecule has 0 aliphatic rings. The van der Waals surface area contributed by atoms with Gasteiger partial charge in [-0.1, -0.05) is 18.2 Å². The molecule has 0 aliphatic heterocycles. The lowest BCUT2D eigenvalue weighted by molar-refractivity contribution is 0.862. The summed E-state index contributed by atoms with van der Waals surface area (Å²) in [4.78, 5) is 18.4. The summed E-state index contributed by atoms with van der Waals surface area (Å²) in [6.45, 7) is 3.78. The molecular weight excluding hydrogens is 336 g/mol. The molecule has 0 fully saturated rings. The first kappa shape index (κ1) is 14.2. The Hall–Kier alpha value is -3.20. The minimum atomic E-state index is 0.385. The van der Waals surface area contributed by atoms with Gasteiger partial charge < -0.3 is 0 Å². The molecule has 0 amide bonds. The van der Waals surface area contributed by atoms with Crippen molar-refractivity contribution in [2.75, 3.05) is 0 Å². The maximum atomic E-state index is 5.15. The average Bonchev–Trinajstić information content (AvgIpc) is 3.15. The third kappa shape index (κ3) is 1.99. The van der Waals surface area contributed by atoms with Crippen LogP contribution in [0.25, 0.3) is 33.7 Å². The number of hydrogen-bond donors (Lipinski definition) is 1. The first-order chi connectivity index (χ1) is 12.1. The quantitative estimate of drug-likeness (QED) is 0.469. The van der Waals surface area contributed by atoms with Crippen LogP contribution >= 0.6 is 12.2 Å². The van der Waals surface area contributed by atoms with E-state index in [1.807, 2.05) is 44.2 Å². The molecule has 4 heterocycles. The number of hydrogen-bond acceptors (Lipinski definition) is 6. The lowest BCUT2D eigenvalue weighted by Gasteiger charge is -2.04. The van der Waals surface area contributed by atoms with E-state index in [9.17, 15) is 0 Å². The summed E-state index contributed by atoms with van der Waals surface area (Å²) in [6, 6.07) is 9.85. The van der Waals surface area contributed by atoms with Crippen LogP contribution in [0.3, 0.4) is 0 Å². The maximum Gasteiger partial charge on any atom is 0.214 e. The van der Waals surface area contributed by atoms with Crippen LogP contribution in [0, 0.1) is 18.6 Å². The Kier molecular flexibility index (Phi) is 2.78. The highest BCUT2D eigenvalue weighted by atomic mass is 32.1. The van der Waals surface area contributed by atoms with Gasteiger partial charge in [0.1, 0.15) is 11.3 Å². The van der Waals surface area contributed by atoms with Crippen LogP contribution in [-0.4, -0.2) is 39.3 Å². The van der Waals surface area contributed by atoms with Crippen molar-refractivity contribution >= 4 is 40.2 Å². The predicted molar refractivity (Wildman–Crippen MR) is 95.4 cm³/mol. The number of aryl methyl sites for hydroxylation is 2. The first-order valence-corrected chi connectivity index (χ1v) is 8.10. The molecule has 0 atom stereocenters. The topological polar surface area (TPSA) is 89.6 Å². The van der Waals surface area contributed by atoms with Gasteiger partial charge in [-0.2, -0.15) is 10.1 Å². The van der Waals surface area contributed by atoms with Crippen molar-refractivity contribution in [3.05, 3.63) is 46.6 Å². The third-order valence-electron chi connectivity index (χ3n) is 4.08. The molecule has 1 N–H and O–H groups in total. The summed E-state index contributed by atoms with van der Waals surface area (Å²) >= 11 is 5.15. The Labute approximate surface area is 146 Å². The van der Waals surface area contributed by atoms with E-state index in [1.165, 1.54) is 0 Å². The van der Waals surface area contributed by atoms with Gasteiger partial charge in [0.05, 0.1) is 11.4 Å². The molecule has 9 heteroatoms. The van der Waals surface area contributed by atoms with Gasteiger partial charge in [-0.15, -0.1) is 0 Å². The maximum absolute atomic E-state index is 5.15. The number of fused-ring (bicyclic) bond motifs is 4. The lowest BCUT2D eigenvalue weighted by Crippen LogP contribution is -2.03. The van der Waals surface area contributed by atoms with Crippen molar-refractivity contribution in [3.63, 3.8) is 0 Å². The molecule has 1 aromatic carbocycles. The van der Waals surface area contributed by atoms with Crippen molar-refractivity contribution in [1.82, 2.24) is 39.3 Å². The second kappa shape index (κ2) is 4.90. The number of rotatable bonds is 1. The molecule has 4 aromatic heterocycles. The van der Waals surface area contributed by atoms with Crippen LogP contribution in [0.2, 0.25) is 0 Å². The Bertz CT molecular complexity index is 1330. The van der Waals surface area contributed by atoms with E-state index >= 15 is 0 Å². The molecule has 8 nitrogen and oxygen atoms in total. The van der Waals surface area contributed by atoms with Crippen molar-refractivity contribution in [2.24, 2.45) is 0 Å². The van der Waals surface area contributed by atoms with Crippen molar-refractivity contribution in [1.29, 1.82) is 0 Å². The molecular formula is C16H12N8S. The highest BCUT2D eigenvalue weighted by Crippen LogP contribution is 2.23. The zero-order valence-corrected chi connectivity index (χ0v) is 14.2. The van der Waals surface area contributed by atoms with E-state index in [-0.39, 0.29) is 0 Å². The fourth-order valence-corrected chi connectivity index (χ4v) is 3.12. The smallest absolute Gasteiger partial charge is 0.214 e. The van der Waals surface area contributed by atoms with Gasteiger partial charge in [0.25, 0.3) is 0 Å². The minimum absolute atomic E-state index is 0.385. The fourth-order valence-electron chi connectivity index (χ4n) is 2.95. The number of benzene rings is 1.